The molecule has 0 aliphatic carbocycles. The average molecular weight is 220 g/mol. The quantitative estimate of drug-likeness (QED) is 0.578. The SMILES string of the molecule is CCOC(=O)C=Cc1ccc(C)c(OC)c1. The molecule has 0 atom stereocenters. The van der Waals surface area contributed by atoms with Crippen molar-refractivity contribution in [2.75, 3.05) is 13.7 Å². The molecule has 0 spiro atoms. The lowest BCUT2D eigenvalue weighted by atomic mass is 10.1. The van der Waals surface area contributed by atoms with E-state index in [2.05, 4.69) is 0 Å². The Morgan fingerprint density at radius 1 is 1.44 bits per heavy atom. The molecule has 0 saturated heterocycles. The van der Waals surface area contributed by atoms with E-state index in [1.807, 2.05) is 25.1 Å². The normalized spacial score (nSPS) is 10.4. The van der Waals surface area contributed by atoms with Crippen molar-refractivity contribution in [1.82, 2.24) is 0 Å². The number of carbonyl (C=O) groups is 1. The summed E-state index contributed by atoms with van der Waals surface area (Å²) in [5.41, 5.74) is 1.98. The van der Waals surface area contributed by atoms with E-state index in [4.69, 9.17) is 9.47 Å². The molecule has 1 rings (SSSR count). The molecule has 16 heavy (non-hydrogen) atoms. The highest BCUT2D eigenvalue weighted by Crippen LogP contribution is 2.19. The number of benzene rings is 1. The second-order valence-electron chi connectivity index (χ2n) is 3.31. The van der Waals surface area contributed by atoms with Crippen molar-refractivity contribution in [1.29, 1.82) is 0 Å². The Bertz CT molecular complexity index is 394. The topological polar surface area (TPSA) is 35.5 Å². The minimum atomic E-state index is -0.331. The summed E-state index contributed by atoms with van der Waals surface area (Å²) in [5, 5.41) is 0. The molecule has 3 nitrogen and oxygen atoms in total. The van der Waals surface area contributed by atoms with Crippen LogP contribution in [0.4, 0.5) is 0 Å². The molecule has 0 amide bonds. The Balaban J connectivity index is 2.78. The maximum atomic E-state index is 11.1. The molecule has 0 saturated carbocycles. The first kappa shape index (κ1) is 12.3. The monoisotopic (exact) mass is 220 g/mol. The van der Waals surface area contributed by atoms with Gasteiger partial charge in [-0.15, -0.1) is 0 Å². The summed E-state index contributed by atoms with van der Waals surface area (Å²) in [5.74, 6) is 0.480. The number of aryl methyl sites for hydroxylation is 1. The van der Waals surface area contributed by atoms with Crippen molar-refractivity contribution in [3.8, 4) is 5.75 Å². The Hall–Kier alpha value is -1.77. The van der Waals surface area contributed by atoms with Gasteiger partial charge >= 0.3 is 5.97 Å². The van der Waals surface area contributed by atoms with Crippen molar-refractivity contribution in [2.45, 2.75) is 13.8 Å². The third kappa shape index (κ3) is 3.42. The van der Waals surface area contributed by atoms with E-state index in [1.54, 1.807) is 20.1 Å². The summed E-state index contributed by atoms with van der Waals surface area (Å²) >= 11 is 0. The van der Waals surface area contributed by atoms with Gasteiger partial charge in [-0.25, -0.2) is 4.79 Å². The van der Waals surface area contributed by atoms with Crippen molar-refractivity contribution in [3.63, 3.8) is 0 Å². The molecule has 0 aromatic heterocycles. The van der Waals surface area contributed by atoms with Gasteiger partial charge in [0.25, 0.3) is 0 Å². The number of ether oxygens (including phenoxy) is 2. The van der Waals surface area contributed by atoms with E-state index in [0.717, 1.165) is 16.9 Å². The lowest BCUT2D eigenvalue weighted by molar-refractivity contribution is -0.137. The first-order valence-electron chi connectivity index (χ1n) is 5.17. The molecule has 0 radical (unpaired) electrons. The number of carbonyl (C=O) groups excluding carboxylic acids is 1. The number of methoxy groups -OCH3 is 1. The van der Waals surface area contributed by atoms with E-state index in [9.17, 15) is 4.79 Å². The highest BCUT2D eigenvalue weighted by atomic mass is 16.5. The number of hydrogen-bond acceptors (Lipinski definition) is 3. The molecule has 0 aliphatic rings. The van der Waals surface area contributed by atoms with Gasteiger partial charge in [0.15, 0.2) is 0 Å². The summed E-state index contributed by atoms with van der Waals surface area (Å²) in [4.78, 5) is 11.1. The second-order valence-corrected chi connectivity index (χ2v) is 3.31. The Labute approximate surface area is 95.7 Å². The van der Waals surface area contributed by atoms with Gasteiger partial charge in [0.2, 0.25) is 0 Å². The minimum absolute atomic E-state index is 0.331. The zero-order valence-corrected chi connectivity index (χ0v) is 9.82. The van der Waals surface area contributed by atoms with Crippen molar-refractivity contribution in [3.05, 3.63) is 35.4 Å². The Kier molecular flexibility index (Phi) is 4.58. The van der Waals surface area contributed by atoms with Crippen LogP contribution in [0.15, 0.2) is 24.3 Å². The van der Waals surface area contributed by atoms with Crippen LogP contribution in [0.25, 0.3) is 6.08 Å². The first-order chi connectivity index (χ1) is 7.67. The fraction of sp³-hybridized carbons (Fsp3) is 0.308. The molecule has 0 unspecified atom stereocenters. The Morgan fingerprint density at radius 2 is 2.19 bits per heavy atom. The van der Waals surface area contributed by atoms with Crippen LogP contribution in [-0.4, -0.2) is 19.7 Å². The van der Waals surface area contributed by atoms with Crippen LogP contribution >= 0.6 is 0 Å². The van der Waals surface area contributed by atoms with Crippen LogP contribution in [-0.2, 0) is 9.53 Å². The third-order valence-electron chi connectivity index (χ3n) is 2.13. The van der Waals surface area contributed by atoms with Crippen molar-refractivity contribution in [2.24, 2.45) is 0 Å². The number of esters is 1. The van der Waals surface area contributed by atoms with E-state index in [-0.39, 0.29) is 5.97 Å². The predicted octanol–water partition coefficient (Wildman–Crippen LogP) is 2.58. The van der Waals surface area contributed by atoms with Crippen LogP contribution in [0.5, 0.6) is 5.75 Å². The fourth-order valence-electron chi connectivity index (χ4n) is 1.29. The van der Waals surface area contributed by atoms with Gasteiger partial charge in [-0.2, -0.15) is 0 Å². The maximum Gasteiger partial charge on any atom is 0.330 e. The van der Waals surface area contributed by atoms with E-state index < -0.39 is 0 Å². The third-order valence-corrected chi connectivity index (χ3v) is 2.13. The molecule has 3 heteroatoms. The van der Waals surface area contributed by atoms with Crippen LogP contribution in [0.2, 0.25) is 0 Å². The van der Waals surface area contributed by atoms with Gasteiger partial charge in [-0.05, 0) is 37.1 Å². The highest BCUT2D eigenvalue weighted by Gasteiger charge is 1.99. The van der Waals surface area contributed by atoms with Gasteiger partial charge in [0.05, 0.1) is 13.7 Å². The van der Waals surface area contributed by atoms with E-state index >= 15 is 0 Å². The Morgan fingerprint density at radius 3 is 2.81 bits per heavy atom. The van der Waals surface area contributed by atoms with Crippen LogP contribution in [0.1, 0.15) is 18.1 Å². The number of rotatable bonds is 4. The second kappa shape index (κ2) is 5.95. The zero-order valence-electron chi connectivity index (χ0n) is 9.82. The van der Waals surface area contributed by atoms with Crippen LogP contribution in [0, 0.1) is 6.92 Å². The molecule has 1 aromatic rings. The molecule has 0 aliphatic heterocycles. The molecule has 86 valence electrons. The van der Waals surface area contributed by atoms with Crippen molar-refractivity contribution < 1.29 is 14.3 Å². The summed E-state index contributed by atoms with van der Waals surface area (Å²) in [6.45, 7) is 4.14. The summed E-state index contributed by atoms with van der Waals surface area (Å²) in [7, 11) is 1.63. The van der Waals surface area contributed by atoms with Gasteiger partial charge in [-0.3, -0.25) is 0 Å². The largest absolute Gasteiger partial charge is 0.496 e. The predicted molar refractivity (Wildman–Crippen MR) is 63.4 cm³/mol. The van der Waals surface area contributed by atoms with Gasteiger partial charge < -0.3 is 9.47 Å². The molecule has 1 aromatic carbocycles. The molecule has 0 fully saturated rings. The number of hydrogen-bond donors (Lipinski definition) is 0. The molecular formula is C13H16O3. The molecule has 0 bridgehead atoms. The molecule has 0 heterocycles. The maximum absolute atomic E-state index is 11.1. The summed E-state index contributed by atoms with van der Waals surface area (Å²) in [6, 6.07) is 5.75. The van der Waals surface area contributed by atoms with Crippen LogP contribution < -0.4 is 4.74 Å². The molecular weight excluding hydrogens is 204 g/mol. The van der Waals surface area contributed by atoms with E-state index in [0.29, 0.717) is 6.61 Å². The van der Waals surface area contributed by atoms with Crippen molar-refractivity contribution >= 4 is 12.0 Å². The standard InChI is InChI=1S/C13H16O3/c1-4-16-13(14)8-7-11-6-5-10(2)12(9-11)15-3/h5-9H,4H2,1-3H3. The lowest BCUT2D eigenvalue weighted by Gasteiger charge is -2.04. The zero-order chi connectivity index (χ0) is 12.0. The van der Waals surface area contributed by atoms with Gasteiger partial charge in [0, 0.05) is 6.08 Å². The van der Waals surface area contributed by atoms with Gasteiger partial charge in [0.1, 0.15) is 5.75 Å². The molecule has 0 N–H and O–H groups in total. The first-order valence-corrected chi connectivity index (χ1v) is 5.17. The summed E-state index contributed by atoms with van der Waals surface area (Å²) in [6.07, 6.45) is 3.12. The van der Waals surface area contributed by atoms with Crippen LogP contribution in [0.3, 0.4) is 0 Å². The lowest BCUT2D eigenvalue weighted by Crippen LogP contribution is -1.98. The van der Waals surface area contributed by atoms with Gasteiger partial charge in [-0.1, -0.05) is 12.1 Å². The smallest absolute Gasteiger partial charge is 0.330 e. The highest BCUT2D eigenvalue weighted by molar-refractivity contribution is 5.87. The summed E-state index contributed by atoms with van der Waals surface area (Å²) < 4.78 is 9.98. The fourth-order valence-corrected chi connectivity index (χ4v) is 1.29. The average Bonchev–Trinajstić information content (AvgIpc) is 2.28. The minimum Gasteiger partial charge on any atom is -0.496 e. The van der Waals surface area contributed by atoms with E-state index in [1.165, 1.54) is 6.08 Å².